The lowest BCUT2D eigenvalue weighted by atomic mass is 10.1. The normalized spacial score (nSPS) is 10.4. The lowest BCUT2D eigenvalue weighted by molar-refractivity contribution is -0.122. The van der Waals surface area contributed by atoms with Crippen molar-refractivity contribution in [3.8, 4) is 0 Å². The first kappa shape index (κ1) is 23.6. The first-order valence-electron chi connectivity index (χ1n) is 9.75. The fraction of sp³-hybridized carbons (Fsp3) is 0.571. The Labute approximate surface area is 167 Å². The maximum Gasteiger partial charge on any atom is 0.339 e. The molecule has 0 atom stereocenters. The van der Waals surface area contributed by atoms with Crippen LogP contribution in [0.5, 0.6) is 0 Å². The number of nitrogens with zero attached hydrogens (tertiary/aromatic N) is 1. The highest BCUT2D eigenvalue weighted by Gasteiger charge is 2.20. The van der Waals surface area contributed by atoms with Crippen LogP contribution >= 0.6 is 0 Å². The van der Waals surface area contributed by atoms with Crippen LogP contribution in [0.25, 0.3) is 0 Å². The highest BCUT2D eigenvalue weighted by atomic mass is 16.5. The number of carbonyl (C=O) groups excluding carboxylic acids is 3. The summed E-state index contributed by atoms with van der Waals surface area (Å²) in [5, 5.41) is 2.64. The van der Waals surface area contributed by atoms with Crippen molar-refractivity contribution in [3.05, 3.63) is 23.8 Å². The summed E-state index contributed by atoms with van der Waals surface area (Å²) in [7, 11) is 2.84. The Bertz CT molecular complexity index is 660. The minimum absolute atomic E-state index is 0.0730. The number of rotatable bonds is 12. The van der Waals surface area contributed by atoms with Crippen LogP contribution in [0.4, 0.5) is 11.4 Å². The van der Waals surface area contributed by atoms with Gasteiger partial charge >= 0.3 is 5.97 Å². The topological polar surface area (TPSA) is 84.9 Å². The first-order valence-corrected chi connectivity index (χ1v) is 9.75. The van der Waals surface area contributed by atoms with E-state index in [9.17, 15) is 14.4 Å². The van der Waals surface area contributed by atoms with Gasteiger partial charge in [-0.05, 0) is 24.6 Å². The SMILES string of the molecule is CCCCCCCCOCC(=O)N(C)c1cc(NC(C)=O)ccc1C(=O)OC. The van der Waals surface area contributed by atoms with Crippen LogP contribution in [-0.4, -0.2) is 45.2 Å². The van der Waals surface area contributed by atoms with E-state index in [0.29, 0.717) is 18.0 Å². The first-order chi connectivity index (χ1) is 13.4. The van der Waals surface area contributed by atoms with Crippen molar-refractivity contribution in [2.45, 2.75) is 52.4 Å². The lowest BCUT2D eigenvalue weighted by Crippen LogP contribution is -2.31. The zero-order valence-electron chi connectivity index (χ0n) is 17.4. The third kappa shape index (κ3) is 8.08. The summed E-state index contributed by atoms with van der Waals surface area (Å²) in [6.07, 6.45) is 6.91. The number of ether oxygens (including phenoxy) is 2. The van der Waals surface area contributed by atoms with Crippen LogP contribution in [0.2, 0.25) is 0 Å². The number of likely N-dealkylation sites (N-methyl/N-ethyl adjacent to an activating group) is 1. The van der Waals surface area contributed by atoms with Gasteiger partial charge in [-0.15, -0.1) is 0 Å². The molecule has 2 amide bonds. The summed E-state index contributed by atoms with van der Waals surface area (Å²) in [5.74, 6) is -1.08. The molecule has 0 bridgehead atoms. The van der Waals surface area contributed by atoms with Gasteiger partial charge in [-0.3, -0.25) is 9.59 Å². The van der Waals surface area contributed by atoms with Crippen molar-refractivity contribution in [2.75, 3.05) is 37.6 Å². The van der Waals surface area contributed by atoms with Crippen LogP contribution < -0.4 is 10.2 Å². The molecule has 156 valence electrons. The number of unbranched alkanes of at least 4 members (excludes halogenated alkanes) is 5. The monoisotopic (exact) mass is 392 g/mol. The number of benzene rings is 1. The minimum atomic E-state index is -0.558. The second kappa shape index (κ2) is 12.9. The molecule has 0 radical (unpaired) electrons. The molecule has 1 aromatic carbocycles. The number of nitrogens with one attached hydrogen (secondary N) is 1. The molecule has 28 heavy (non-hydrogen) atoms. The van der Waals surface area contributed by atoms with E-state index < -0.39 is 5.97 Å². The van der Waals surface area contributed by atoms with E-state index in [4.69, 9.17) is 9.47 Å². The van der Waals surface area contributed by atoms with Crippen molar-refractivity contribution in [1.82, 2.24) is 0 Å². The zero-order valence-corrected chi connectivity index (χ0v) is 17.4. The molecule has 0 saturated heterocycles. The third-order valence-electron chi connectivity index (χ3n) is 4.33. The van der Waals surface area contributed by atoms with Gasteiger partial charge in [0.25, 0.3) is 5.91 Å². The van der Waals surface area contributed by atoms with Crippen molar-refractivity contribution < 1.29 is 23.9 Å². The number of methoxy groups -OCH3 is 1. The van der Waals surface area contributed by atoms with Gasteiger partial charge in [-0.2, -0.15) is 0 Å². The van der Waals surface area contributed by atoms with E-state index >= 15 is 0 Å². The summed E-state index contributed by atoms with van der Waals surface area (Å²) < 4.78 is 10.3. The molecule has 0 aromatic heterocycles. The van der Waals surface area contributed by atoms with Crippen LogP contribution in [0.15, 0.2) is 18.2 Å². The molecule has 0 unspecified atom stereocenters. The van der Waals surface area contributed by atoms with E-state index in [-0.39, 0.29) is 24.0 Å². The summed E-state index contributed by atoms with van der Waals surface area (Å²) >= 11 is 0. The van der Waals surface area contributed by atoms with Crippen LogP contribution in [0.1, 0.15) is 62.7 Å². The number of carbonyl (C=O) groups is 3. The third-order valence-corrected chi connectivity index (χ3v) is 4.33. The molecule has 0 spiro atoms. The molecule has 0 aliphatic carbocycles. The maximum atomic E-state index is 12.5. The Morgan fingerprint density at radius 2 is 1.75 bits per heavy atom. The van der Waals surface area contributed by atoms with E-state index in [1.54, 1.807) is 19.2 Å². The van der Waals surface area contributed by atoms with Crippen molar-refractivity contribution in [2.24, 2.45) is 0 Å². The van der Waals surface area contributed by atoms with E-state index in [1.807, 2.05) is 0 Å². The zero-order chi connectivity index (χ0) is 20.9. The Balaban J connectivity index is 2.66. The fourth-order valence-electron chi connectivity index (χ4n) is 2.75. The Kier molecular flexibility index (Phi) is 10.9. The Morgan fingerprint density at radius 1 is 1.07 bits per heavy atom. The van der Waals surface area contributed by atoms with Crippen molar-refractivity contribution in [3.63, 3.8) is 0 Å². The molecule has 0 saturated carbocycles. The van der Waals surface area contributed by atoms with Crippen molar-refractivity contribution in [1.29, 1.82) is 0 Å². The molecule has 7 nitrogen and oxygen atoms in total. The van der Waals surface area contributed by atoms with E-state index in [2.05, 4.69) is 12.2 Å². The van der Waals surface area contributed by atoms with Gasteiger partial charge in [-0.25, -0.2) is 4.79 Å². The molecule has 1 N–H and O–H groups in total. The summed E-state index contributed by atoms with van der Waals surface area (Å²) in [6.45, 7) is 4.03. The fourth-order valence-corrected chi connectivity index (χ4v) is 2.75. The highest BCUT2D eigenvalue weighted by molar-refractivity contribution is 6.04. The summed E-state index contributed by atoms with van der Waals surface area (Å²) in [4.78, 5) is 37.1. The molecule has 7 heteroatoms. The maximum absolute atomic E-state index is 12.5. The van der Waals surface area contributed by atoms with Crippen LogP contribution in [-0.2, 0) is 19.1 Å². The smallest absolute Gasteiger partial charge is 0.339 e. The Morgan fingerprint density at radius 3 is 2.39 bits per heavy atom. The largest absolute Gasteiger partial charge is 0.465 e. The number of amides is 2. The summed E-state index contributed by atoms with van der Waals surface area (Å²) in [5.41, 5.74) is 1.08. The summed E-state index contributed by atoms with van der Waals surface area (Å²) in [6, 6.07) is 4.68. The molecule has 0 heterocycles. The second-order valence-electron chi connectivity index (χ2n) is 6.68. The molecule has 0 aliphatic rings. The van der Waals surface area contributed by atoms with Gasteiger partial charge in [0.2, 0.25) is 5.91 Å². The quantitative estimate of drug-likeness (QED) is 0.432. The van der Waals surface area contributed by atoms with Gasteiger partial charge < -0.3 is 19.7 Å². The van der Waals surface area contributed by atoms with Crippen LogP contribution in [0, 0.1) is 0 Å². The lowest BCUT2D eigenvalue weighted by Gasteiger charge is -2.21. The van der Waals surface area contributed by atoms with Gasteiger partial charge in [-0.1, -0.05) is 39.0 Å². The molecule has 0 fully saturated rings. The number of anilines is 2. The van der Waals surface area contributed by atoms with E-state index in [0.717, 1.165) is 12.8 Å². The van der Waals surface area contributed by atoms with Crippen molar-refractivity contribution >= 4 is 29.2 Å². The predicted molar refractivity (Wildman–Crippen MR) is 110 cm³/mol. The highest BCUT2D eigenvalue weighted by Crippen LogP contribution is 2.25. The molecular formula is C21H32N2O5. The van der Waals surface area contributed by atoms with Gasteiger partial charge in [0.05, 0.1) is 18.4 Å². The number of esters is 1. The van der Waals surface area contributed by atoms with Gasteiger partial charge in [0.1, 0.15) is 6.61 Å². The minimum Gasteiger partial charge on any atom is -0.465 e. The number of hydrogen-bond donors (Lipinski definition) is 1. The van der Waals surface area contributed by atoms with Gasteiger partial charge in [0.15, 0.2) is 0 Å². The Hall–Kier alpha value is -2.41. The number of hydrogen-bond acceptors (Lipinski definition) is 5. The molecule has 0 aliphatic heterocycles. The van der Waals surface area contributed by atoms with Gasteiger partial charge in [0, 0.05) is 26.3 Å². The second-order valence-corrected chi connectivity index (χ2v) is 6.68. The molecular weight excluding hydrogens is 360 g/mol. The standard InChI is InChI=1S/C21H32N2O5/c1-5-6-7-8-9-10-13-28-15-20(25)23(3)19-14-17(22-16(2)24)11-12-18(19)21(26)27-4/h11-12,14H,5-10,13,15H2,1-4H3,(H,22,24). The van der Waals surface area contributed by atoms with Crippen LogP contribution in [0.3, 0.4) is 0 Å². The molecule has 1 rings (SSSR count). The van der Waals surface area contributed by atoms with E-state index in [1.165, 1.54) is 50.7 Å². The average molecular weight is 392 g/mol. The predicted octanol–water partition coefficient (Wildman–Crippen LogP) is 3.77. The average Bonchev–Trinajstić information content (AvgIpc) is 2.68. The molecule has 1 aromatic rings.